The molecule has 0 aromatic heterocycles. The summed E-state index contributed by atoms with van der Waals surface area (Å²) in [7, 11) is 0. The molecule has 0 fully saturated rings. The second kappa shape index (κ2) is 8.75. The van der Waals surface area contributed by atoms with E-state index in [-0.39, 0.29) is 34.2 Å². The number of phenols is 1. The molecule has 0 heterocycles. The van der Waals surface area contributed by atoms with Crippen LogP contribution in [0.4, 0.5) is 18.9 Å². The van der Waals surface area contributed by atoms with Crippen LogP contribution in [0.1, 0.15) is 29.3 Å². The van der Waals surface area contributed by atoms with Crippen molar-refractivity contribution in [2.24, 2.45) is 5.10 Å². The lowest BCUT2D eigenvalue weighted by Crippen LogP contribution is -2.22. The van der Waals surface area contributed by atoms with Crippen molar-refractivity contribution >= 4 is 34.8 Å². The van der Waals surface area contributed by atoms with Crippen LogP contribution in [0.25, 0.3) is 0 Å². The highest BCUT2D eigenvalue weighted by Crippen LogP contribution is 2.34. The average molecular weight is 414 g/mol. The van der Waals surface area contributed by atoms with Gasteiger partial charge in [0.15, 0.2) is 0 Å². The SMILES string of the molecule is C/C(CC(=O)Nc1ccccc1C(F)(F)F)=N\NC(=O)c1cc(Cl)ccc1O. The third kappa shape index (κ3) is 5.71. The highest BCUT2D eigenvalue weighted by Gasteiger charge is 2.33. The molecule has 0 aliphatic heterocycles. The zero-order valence-electron chi connectivity index (χ0n) is 14.5. The molecule has 0 aliphatic rings. The van der Waals surface area contributed by atoms with Crippen LogP contribution in [0.3, 0.4) is 0 Å². The number of para-hydroxylation sites is 1. The molecule has 0 unspecified atom stereocenters. The molecule has 2 aromatic carbocycles. The van der Waals surface area contributed by atoms with E-state index in [9.17, 15) is 27.9 Å². The van der Waals surface area contributed by atoms with Gasteiger partial charge in [0.05, 0.1) is 23.2 Å². The minimum atomic E-state index is -4.61. The Morgan fingerprint density at radius 2 is 1.86 bits per heavy atom. The average Bonchev–Trinajstić information content (AvgIpc) is 2.61. The van der Waals surface area contributed by atoms with Crippen LogP contribution in [0, 0.1) is 0 Å². The van der Waals surface area contributed by atoms with Crippen molar-refractivity contribution in [1.29, 1.82) is 0 Å². The fourth-order valence-corrected chi connectivity index (χ4v) is 2.37. The number of halogens is 4. The number of hydrazone groups is 1. The monoisotopic (exact) mass is 413 g/mol. The quantitative estimate of drug-likeness (QED) is 0.507. The van der Waals surface area contributed by atoms with Crippen LogP contribution in [0.15, 0.2) is 47.6 Å². The predicted octanol–water partition coefficient (Wildman–Crippen LogP) is 4.20. The van der Waals surface area contributed by atoms with Gasteiger partial charge in [0.1, 0.15) is 5.75 Å². The minimum absolute atomic E-state index is 0.118. The molecule has 10 heteroatoms. The third-order valence-electron chi connectivity index (χ3n) is 3.47. The molecule has 0 saturated carbocycles. The van der Waals surface area contributed by atoms with E-state index in [2.05, 4.69) is 15.8 Å². The zero-order valence-corrected chi connectivity index (χ0v) is 15.2. The van der Waals surface area contributed by atoms with E-state index in [4.69, 9.17) is 11.6 Å². The van der Waals surface area contributed by atoms with Crippen molar-refractivity contribution in [2.45, 2.75) is 19.5 Å². The van der Waals surface area contributed by atoms with Gasteiger partial charge in [-0.25, -0.2) is 5.43 Å². The molecule has 6 nitrogen and oxygen atoms in total. The summed E-state index contributed by atoms with van der Waals surface area (Å²) >= 11 is 5.75. The Balaban J connectivity index is 2.01. The highest BCUT2D eigenvalue weighted by atomic mass is 35.5. The van der Waals surface area contributed by atoms with Crippen LogP contribution in [0.2, 0.25) is 5.02 Å². The topological polar surface area (TPSA) is 90.8 Å². The molecule has 0 aliphatic carbocycles. The van der Waals surface area contributed by atoms with Crippen LogP contribution in [-0.2, 0) is 11.0 Å². The van der Waals surface area contributed by atoms with Gasteiger partial charge in [0.25, 0.3) is 5.91 Å². The lowest BCUT2D eigenvalue weighted by molar-refractivity contribution is -0.137. The largest absolute Gasteiger partial charge is 0.507 e. The summed E-state index contributed by atoms with van der Waals surface area (Å²) < 4.78 is 38.8. The number of nitrogens with one attached hydrogen (secondary N) is 2. The molecule has 3 N–H and O–H groups in total. The van der Waals surface area contributed by atoms with Gasteiger partial charge in [-0.3, -0.25) is 9.59 Å². The van der Waals surface area contributed by atoms with Crippen molar-refractivity contribution in [3.8, 4) is 5.75 Å². The molecule has 0 spiro atoms. The summed E-state index contributed by atoms with van der Waals surface area (Å²) in [5.41, 5.74) is 0.816. The first-order chi connectivity index (χ1) is 13.1. The summed E-state index contributed by atoms with van der Waals surface area (Å²) in [5, 5.41) is 15.8. The normalized spacial score (nSPS) is 11.8. The Hall–Kier alpha value is -3.07. The summed E-state index contributed by atoms with van der Waals surface area (Å²) in [6.07, 6.45) is -4.96. The number of anilines is 1. The first-order valence-electron chi connectivity index (χ1n) is 7.86. The lowest BCUT2D eigenvalue weighted by atomic mass is 10.1. The van der Waals surface area contributed by atoms with Crippen molar-refractivity contribution in [3.63, 3.8) is 0 Å². The summed E-state index contributed by atoms with van der Waals surface area (Å²) in [6, 6.07) is 8.43. The Labute approximate surface area is 163 Å². The summed E-state index contributed by atoms with van der Waals surface area (Å²) in [5.74, 6) is -1.81. The molecule has 0 radical (unpaired) electrons. The number of phenolic OH excluding ortho intramolecular Hbond substituents is 1. The smallest absolute Gasteiger partial charge is 0.418 e. The second-order valence-corrected chi connectivity index (χ2v) is 6.15. The van der Waals surface area contributed by atoms with Crippen molar-refractivity contribution < 1.29 is 27.9 Å². The minimum Gasteiger partial charge on any atom is -0.507 e. The maximum atomic E-state index is 12.9. The van der Waals surface area contributed by atoms with Crippen LogP contribution < -0.4 is 10.7 Å². The molecule has 0 bridgehead atoms. The highest BCUT2D eigenvalue weighted by molar-refractivity contribution is 6.31. The Morgan fingerprint density at radius 1 is 1.18 bits per heavy atom. The van der Waals surface area contributed by atoms with E-state index >= 15 is 0 Å². The molecular formula is C18H15ClF3N3O3. The van der Waals surface area contributed by atoms with Gasteiger partial charge in [-0.05, 0) is 37.3 Å². The number of amides is 2. The van der Waals surface area contributed by atoms with Crippen molar-refractivity contribution in [2.75, 3.05) is 5.32 Å². The molecule has 2 rings (SSSR count). The summed E-state index contributed by atoms with van der Waals surface area (Å²) in [6.45, 7) is 1.41. The van der Waals surface area contributed by atoms with Crippen molar-refractivity contribution in [3.05, 3.63) is 58.6 Å². The number of hydrogen-bond donors (Lipinski definition) is 3. The van der Waals surface area contributed by atoms with Gasteiger partial charge in [0.2, 0.25) is 5.91 Å². The molecule has 28 heavy (non-hydrogen) atoms. The van der Waals surface area contributed by atoms with E-state index in [0.29, 0.717) is 0 Å². The fourth-order valence-electron chi connectivity index (χ4n) is 2.20. The Kier molecular flexibility index (Phi) is 6.63. The van der Waals surface area contributed by atoms with Crippen LogP contribution >= 0.6 is 11.6 Å². The number of carbonyl (C=O) groups excluding carboxylic acids is 2. The fraction of sp³-hybridized carbons (Fsp3) is 0.167. The third-order valence-corrected chi connectivity index (χ3v) is 3.71. The number of rotatable bonds is 5. The van der Waals surface area contributed by atoms with Crippen LogP contribution in [-0.4, -0.2) is 22.6 Å². The first-order valence-corrected chi connectivity index (χ1v) is 8.24. The van der Waals surface area contributed by atoms with Gasteiger partial charge in [-0.1, -0.05) is 23.7 Å². The molecule has 148 valence electrons. The number of hydrogen-bond acceptors (Lipinski definition) is 4. The van der Waals surface area contributed by atoms with E-state index < -0.39 is 23.6 Å². The predicted molar refractivity (Wildman–Crippen MR) is 98.4 cm³/mol. The number of aromatic hydroxyl groups is 1. The van der Waals surface area contributed by atoms with E-state index in [1.165, 1.54) is 37.3 Å². The van der Waals surface area contributed by atoms with E-state index in [1.54, 1.807) is 0 Å². The molecule has 0 atom stereocenters. The first kappa shape index (κ1) is 21.2. The van der Waals surface area contributed by atoms with Crippen molar-refractivity contribution in [1.82, 2.24) is 5.43 Å². The number of alkyl halides is 3. The van der Waals surface area contributed by atoms with Gasteiger partial charge < -0.3 is 10.4 Å². The van der Waals surface area contributed by atoms with Gasteiger partial charge in [0, 0.05) is 10.7 Å². The lowest BCUT2D eigenvalue weighted by Gasteiger charge is -2.13. The number of carbonyl (C=O) groups is 2. The van der Waals surface area contributed by atoms with Crippen LogP contribution in [0.5, 0.6) is 5.75 Å². The maximum absolute atomic E-state index is 12.9. The molecule has 2 aromatic rings. The van der Waals surface area contributed by atoms with Gasteiger partial charge in [-0.2, -0.15) is 18.3 Å². The Bertz CT molecular complexity index is 930. The second-order valence-electron chi connectivity index (χ2n) is 5.72. The molecular weight excluding hydrogens is 399 g/mol. The summed E-state index contributed by atoms with van der Waals surface area (Å²) in [4.78, 5) is 24.0. The molecule has 0 saturated heterocycles. The molecule has 2 amide bonds. The number of benzene rings is 2. The van der Waals surface area contributed by atoms with E-state index in [0.717, 1.165) is 12.1 Å². The van der Waals surface area contributed by atoms with Gasteiger partial charge in [-0.15, -0.1) is 0 Å². The number of nitrogens with zero attached hydrogens (tertiary/aromatic N) is 1. The standard InChI is InChI=1S/C18H15ClF3N3O3/c1-10(24-25-17(28)12-9-11(19)6-7-15(12)26)8-16(27)23-14-5-3-2-4-13(14)18(20,21)22/h2-7,9,26H,8H2,1H3,(H,23,27)(H,25,28)/b24-10+. The van der Waals surface area contributed by atoms with E-state index in [1.807, 2.05) is 0 Å². The Morgan fingerprint density at radius 3 is 2.54 bits per heavy atom. The van der Waals surface area contributed by atoms with Gasteiger partial charge >= 0.3 is 6.18 Å². The maximum Gasteiger partial charge on any atom is 0.418 e. The zero-order chi connectivity index (χ0) is 20.9.